The van der Waals surface area contributed by atoms with Crippen LogP contribution in [0.1, 0.15) is 44.2 Å². The molecule has 0 saturated heterocycles. The molecule has 0 aliphatic carbocycles. The normalized spacial score (nSPS) is 12.3. The number of carbonyl (C=O) groups excluding carboxylic acids is 2. The third-order valence-corrected chi connectivity index (χ3v) is 6.65. The highest BCUT2D eigenvalue weighted by Gasteiger charge is 2.30. The van der Waals surface area contributed by atoms with E-state index in [0.29, 0.717) is 36.8 Å². The van der Waals surface area contributed by atoms with Crippen molar-refractivity contribution in [3.05, 3.63) is 95.0 Å². The van der Waals surface area contributed by atoms with Gasteiger partial charge in [0.05, 0.1) is 13.7 Å². The summed E-state index contributed by atoms with van der Waals surface area (Å²) >= 11 is 6.09. The molecule has 1 N–H and O–H groups in total. The van der Waals surface area contributed by atoms with E-state index in [9.17, 15) is 9.59 Å². The molecule has 7 heteroatoms. The van der Waals surface area contributed by atoms with Crippen LogP contribution in [-0.4, -0.2) is 42.5 Å². The summed E-state index contributed by atoms with van der Waals surface area (Å²) in [5, 5.41) is 3.71. The molecule has 0 fully saturated rings. The van der Waals surface area contributed by atoms with Crippen molar-refractivity contribution in [3.8, 4) is 11.5 Å². The van der Waals surface area contributed by atoms with Crippen molar-refractivity contribution in [1.29, 1.82) is 0 Å². The van der Waals surface area contributed by atoms with Crippen LogP contribution in [0.15, 0.2) is 78.9 Å². The number of benzene rings is 3. The minimum absolute atomic E-state index is 0.00570. The van der Waals surface area contributed by atoms with Gasteiger partial charge >= 0.3 is 0 Å². The number of methoxy groups -OCH3 is 1. The fraction of sp³-hybridized carbons (Fsp3) is 0.355. The van der Waals surface area contributed by atoms with Crippen molar-refractivity contribution in [1.82, 2.24) is 10.2 Å². The van der Waals surface area contributed by atoms with Crippen LogP contribution >= 0.6 is 11.6 Å². The van der Waals surface area contributed by atoms with E-state index in [1.165, 1.54) is 0 Å². The Kier molecular flexibility index (Phi) is 11.5. The molecular weight excluding hydrogens is 500 g/mol. The Morgan fingerprint density at radius 2 is 1.58 bits per heavy atom. The summed E-state index contributed by atoms with van der Waals surface area (Å²) < 4.78 is 11.0. The van der Waals surface area contributed by atoms with Crippen molar-refractivity contribution >= 4 is 23.4 Å². The molecule has 3 rings (SSSR count). The van der Waals surface area contributed by atoms with Gasteiger partial charge < -0.3 is 19.7 Å². The average molecular weight is 537 g/mol. The molecule has 0 radical (unpaired) electrons. The highest BCUT2D eigenvalue weighted by molar-refractivity contribution is 6.30. The maximum atomic E-state index is 13.6. The van der Waals surface area contributed by atoms with Crippen LogP contribution < -0.4 is 14.8 Å². The molecule has 2 atom stereocenters. The molecule has 6 nitrogen and oxygen atoms in total. The predicted molar refractivity (Wildman–Crippen MR) is 152 cm³/mol. The molecule has 0 bridgehead atoms. The van der Waals surface area contributed by atoms with Crippen LogP contribution in [-0.2, 0) is 22.6 Å². The van der Waals surface area contributed by atoms with Gasteiger partial charge in [0.25, 0.3) is 0 Å². The number of hydrogen-bond acceptors (Lipinski definition) is 4. The van der Waals surface area contributed by atoms with Gasteiger partial charge in [-0.15, -0.1) is 0 Å². The van der Waals surface area contributed by atoms with Gasteiger partial charge in [-0.05, 0) is 67.3 Å². The van der Waals surface area contributed by atoms with Crippen LogP contribution in [0.2, 0.25) is 5.02 Å². The zero-order valence-corrected chi connectivity index (χ0v) is 23.1. The van der Waals surface area contributed by atoms with Crippen molar-refractivity contribution in [2.24, 2.45) is 0 Å². The number of rotatable bonds is 14. The smallest absolute Gasteiger partial charge is 0.243 e. The summed E-state index contributed by atoms with van der Waals surface area (Å²) in [7, 11) is 1.62. The van der Waals surface area contributed by atoms with Gasteiger partial charge in [-0.3, -0.25) is 9.59 Å². The molecule has 0 spiro atoms. The van der Waals surface area contributed by atoms with Crippen LogP contribution in [0.3, 0.4) is 0 Å². The first-order chi connectivity index (χ1) is 18.4. The Hall–Kier alpha value is -3.51. The molecular formula is C31H37ClN2O4. The second-order valence-electron chi connectivity index (χ2n) is 9.30. The molecule has 2 unspecified atom stereocenters. The Labute approximate surface area is 230 Å². The summed E-state index contributed by atoms with van der Waals surface area (Å²) in [6.45, 7) is 4.69. The Bertz CT molecular complexity index is 1140. The molecule has 0 aliphatic rings. The number of ether oxygens (including phenoxy) is 2. The van der Waals surface area contributed by atoms with Gasteiger partial charge in [0.15, 0.2) is 0 Å². The predicted octanol–water partition coefficient (Wildman–Crippen LogP) is 6.06. The average Bonchev–Trinajstić information content (AvgIpc) is 2.94. The van der Waals surface area contributed by atoms with Crippen molar-refractivity contribution in [2.75, 3.05) is 13.7 Å². The number of halogens is 1. The topological polar surface area (TPSA) is 67.9 Å². The van der Waals surface area contributed by atoms with Crippen LogP contribution in [0.4, 0.5) is 0 Å². The summed E-state index contributed by atoms with van der Waals surface area (Å²) in [5.41, 5.74) is 1.90. The maximum absolute atomic E-state index is 13.6. The second-order valence-corrected chi connectivity index (χ2v) is 9.74. The van der Waals surface area contributed by atoms with E-state index in [-0.39, 0.29) is 24.3 Å². The van der Waals surface area contributed by atoms with E-state index in [0.717, 1.165) is 23.3 Å². The number of nitrogens with one attached hydrogen (secondary N) is 1. The first-order valence-electron chi connectivity index (χ1n) is 13.0. The van der Waals surface area contributed by atoms with Crippen LogP contribution in [0.5, 0.6) is 11.5 Å². The molecule has 0 aliphatic heterocycles. The van der Waals surface area contributed by atoms with E-state index in [4.69, 9.17) is 21.1 Å². The summed E-state index contributed by atoms with van der Waals surface area (Å²) in [4.78, 5) is 28.9. The number of carbonyl (C=O) groups is 2. The monoisotopic (exact) mass is 536 g/mol. The minimum atomic E-state index is -0.655. The van der Waals surface area contributed by atoms with E-state index < -0.39 is 6.04 Å². The highest BCUT2D eigenvalue weighted by atomic mass is 35.5. The van der Waals surface area contributed by atoms with E-state index in [1.54, 1.807) is 24.1 Å². The SMILES string of the molecule is CCC(C)NC(=O)C(Cc1ccccc1)N(Cc1ccc(Cl)cc1)C(=O)CCCOc1ccc(OC)cc1. The standard InChI is InChI=1S/C31H37ClN2O4/c1-4-23(2)33-31(36)29(21-24-9-6-5-7-10-24)34(22-25-12-14-26(32)15-13-25)30(35)11-8-20-38-28-18-16-27(37-3)17-19-28/h5-7,9-10,12-19,23,29H,4,8,11,20-22H2,1-3H3,(H,33,36). The fourth-order valence-corrected chi connectivity index (χ4v) is 4.14. The van der Waals surface area contributed by atoms with Crippen LogP contribution in [0.25, 0.3) is 0 Å². The largest absolute Gasteiger partial charge is 0.497 e. The van der Waals surface area contributed by atoms with Gasteiger partial charge in [-0.2, -0.15) is 0 Å². The van der Waals surface area contributed by atoms with Gasteiger partial charge in [0.1, 0.15) is 17.5 Å². The molecule has 0 saturated carbocycles. The Morgan fingerprint density at radius 3 is 2.21 bits per heavy atom. The summed E-state index contributed by atoms with van der Waals surface area (Å²) in [6, 6.07) is 23.9. The Balaban J connectivity index is 1.77. The lowest BCUT2D eigenvalue weighted by molar-refractivity contribution is -0.141. The fourth-order valence-electron chi connectivity index (χ4n) is 4.01. The third kappa shape index (κ3) is 9.10. The second kappa shape index (κ2) is 15.0. The molecule has 202 valence electrons. The molecule has 3 aromatic rings. The summed E-state index contributed by atoms with van der Waals surface area (Å²) in [6.07, 6.45) is 2.00. The highest BCUT2D eigenvalue weighted by Crippen LogP contribution is 2.20. The lowest BCUT2D eigenvalue weighted by Crippen LogP contribution is -2.52. The quantitative estimate of drug-likeness (QED) is 0.254. The zero-order chi connectivity index (χ0) is 27.3. The molecule has 0 aromatic heterocycles. The van der Waals surface area contributed by atoms with E-state index in [2.05, 4.69) is 5.32 Å². The van der Waals surface area contributed by atoms with E-state index in [1.807, 2.05) is 80.6 Å². The van der Waals surface area contributed by atoms with Crippen molar-refractivity contribution < 1.29 is 19.1 Å². The van der Waals surface area contributed by atoms with Gasteiger partial charge in [0.2, 0.25) is 11.8 Å². The minimum Gasteiger partial charge on any atom is -0.497 e. The summed E-state index contributed by atoms with van der Waals surface area (Å²) in [5.74, 6) is 1.22. The Morgan fingerprint density at radius 1 is 0.921 bits per heavy atom. The molecule has 3 aromatic carbocycles. The van der Waals surface area contributed by atoms with Gasteiger partial charge in [-0.25, -0.2) is 0 Å². The van der Waals surface area contributed by atoms with Crippen molar-refractivity contribution in [3.63, 3.8) is 0 Å². The maximum Gasteiger partial charge on any atom is 0.243 e. The molecule has 38 heavy (non-hydrogen) atoms. The van der Waals surface area contributed by atoms with E-state index >= 15 is 0 Å². The van der Waals surface area contributed by atoms with Gasteiger partial charge in [-0.1, -0.05) is 61.0 Å². The van der Waals surface area contributed by atoms with Crippen LogP contribution in [0, 0.1) is 0 Å². The number of amides is 2. The number of hydrogen-bond donors (Lipinski definition) is 1. The lowest BCUT2D eigenvalue weighted by Gasteiger charge is -2.32. The first kappa shape index (κ1) is 29.1. The van der Waals surface area contributed by atoms with Crippen molar-refractivity contribution in [2.45, 2.75) is 58.2 Å². The van der Waals surface area contributed by atoms with Gasteiger partial charge in [0, 0.05) is 30.5 Å². The number of nitrogens with zero attached hydrogens (tertiary/aromatic N) is 1. The molecule has 0 heterocycles. The molecule has 2 amide bonds. The third-order valence-electron chi connectivity index (χ3n) is 6.40. The zero-order valence-electron chi connectivity index (χ0n) is 22.4. The first-order valence-corrected chi connectivity index (χ1v) is 13.4. The lowest BCUT2D eigenvalue weighted by atomic mass is 10.0.